The van der Waals surface area contributed by atoms with Crippen molar-refractivity contribution in [1.29, 1.82) is 0 Å². The highest BCUT2D eigenvalue weighted by molar-refractivity contribution is 6.32. The molecule has 2 heteroatoms. The molecule has 1 fully saturated rings. The van der Waals surface area contributed by atoms with Gasteiger partial charge >= 0.3 is 0 Å². The quantitative estimate of drug-likeness (QED) is 0.529. The zero-order chi connectivity index (χ0) is 19.8. The molecule has 0 radical (unpaired) electrons. The Hall–Kier alpha value is -2.48. The van der Waals surface area contributed by atoms with Crippen LogP contribution < -0.4 is 0 Å². The summed E-state index contributed by atoms with van der Waals surface area (Å²) in [5.41, 5.74) is 9.45. The average Bonchev–Trinajstić information content (AvgIpc) is 2.62. The van der Waals surface area contributed by atoms with Crippen LogP contribution in [0.3, 0.4) is 0 Å². The van der Waals surface area contributed by atoms with Crippen molar-refractivity contribution >= 4 is 11.4 Å². The van der Waals surface area contributed by atoms with E-state index >= 15 is 0 Å². The van der Waals surface area contributed by atoms with E-state index in [1.54, 1.807) is 0 Å². The van der Waals surface area contributed by atoms with Gasteiger partial charge in [-0.25, -0.2) is 4.99 Å². The maximum absolute atomic E-state index is 4.90. The van der Waals surface area contributed by atoms with Crippen molar-refractivity contribution in [3.63, 3.8) is 0 Å². The summed E-state index contributed by atoms with van der Waals surface area (Å²) in [5.74, 6) is 0. The third-order valence-corrected chi connectivity index (χ3v) is 4.75. The fraction of sp³-hybridized carbons (Fsp3) is 0.360. The highest BCUT2D eigenvalue weighted by Crippen LogP contribution is 2.29. The first-order valence-electron chi connectivity index (χ1n) is 9.85. The second-order valence-corrected chi connectivity index (χ2v) is 7.01. The monoisotopic (exact) mass is 360 g/mol. The van der Waals surface area contributed by atoms with E-state index < -0.39 is 0 Å². The zero-order valence-electron chi connectivity index (χ0n) is 17.5. The molecule has 0 aliphatic heterocycles. The van der Waals surface area contributed by atoms with Crippen LogP contribution in [-0.4, -0.2) is 18.0 Å². The smallest absolute Gasteiger partial charge is 0.0755 e. The summed E-state index contributed by atoms with van der Waals surface area (Å²) in [6.45, 7) is 15.4. The Labute approximate surface area is 164 Å². The van der Waals surface area contributed by atoms with Crippen molar-refractivity contribution < 1.29 is 0 Å². The number of allylic oxidation sites excluding steroid dienone is 6. The van der Waals surface area contributed by atoms with Crippen molar-refractivity contribution in [1.82, 2.24) is 0 Å². The summed E-state index contributed by atoms with van der Waals surface area (Å²) in [6, 6.07) is 8.73. The molecule has 0 unspecified atom stereocenters. The third kappa shape index (κ3) is 5.50. The predicted molar refractivity (Wildman–Crippen MR) is 120 cm³/mol. The van der Waals surface area contributed by atoms with Crippen LogP contribution >= 0.6 is 0 Å². The van der Waals surface area contributed by atoms with E-state index in [0.29, 0.717) is 0 Å². The Balaban J connectivity index is 2.60. The lowest BCUT2D eigenvalue weighted by Gasteiger charge is -2.25. The number of nitrogens with zero attached hydrogens (tertiary/aromatic N) is 2. The van der Waals surface area contributed by atoms with Gasteiger partial charge in [0.2, 0.25) is 0 Å². The van der Waals surface area contributed by atoms with Crippen molar-refractivity contribution in [2.75, 3.05) is 6.54 Å². The molecular formula is C25H32N2. The molecule has 1 aliphatic carbocycles. The average molecular weight is 361 g/mol. The molecule has 1 aromatic rings. The number of aliphatic imine (C=N–C) groups is 2. The standard InChI is InChI=1S/C25H32N2/c1-7-11-20(6)27-25-22(8-2)14-15-23(26-9-3)24(25)19(5)17-21-13-10-12-18(4)16-21/h7-8,10-13,16H,6,9,14-15,17H2,1-5H3/b11-7-,22-8-,24-19-,26-23?,27-25?. The van der Waals surface area contributed by atoms with Crippen molar-refractivity contribution in [2.24, 2.45) is 9.98 Å². The fourth-order valence-corrected chi connectivity index (χ4v) is 3.59. The van der Waals surface area contributed by atoms with Crippen LogP contribution in [0.4, 0.5) is 0 Å². The molecule has 0 aromatic heterocycles. The molecule has 0 atom stereocenters. The van der Waals surface area contributed by atoms with Crippen molar-refractivity contribution in [3.8, 4) is 0 Å². The van der Waals surface area contributed by atoms with E-state index in [4.69, 9.17) is 9.98 Å². The first-order chi connectivity index (χ1) is 13.0. The summed E-state index contributed by atoms with van der Waals surface area (Å²) in [6.07, 6.45) is 8.99. The van der Waals surface area contributed by atoms with Crippen LogP contribution in [0.1, 0.15) is 51.7 Å². The molecule has 0 spiro atoms. The van der Waals surface area contributed by atoms with Crippen LogP contribution in [0.5, 0.6) is 0 Å². The van der Waals surface area contributed by atoms with Gasteiger partial charge in [-0.3, -0.25) is 4.99 Å². The van der Waals surface area contributed by atoms with Crippen molar-refractivity contribution in [3.05, 3.63) is 82.6 Å². The molecule has 1 aromatic carbocycles. The van der Waals surface area contributed by atoms with Gasteiger partial charge in [-0.15, -0.1) is 0 Å². The van der Waals surface area contributed by atoms with Gasteiger partial charge in [-0.1, -0.05) is 54.1 Å². The predicted octanol–water partition coefficient (Wildman–Crippen LogP) is 6.59. The van der Waals surface area contributed by atoms with Gasteiger partial charge in [0.1, 0.15) is 0 Å². The first kappa shape index (κ1) is 20.8. The van der Waals surface area contributed by atoms with Gasteiger partial charge < -0.3 is 0 Å². The minimum absolute atomic E-state index is 0.783. The van der Waals surface area contributed by atoms with E-state index in [1.807, 2.05) is 19.1 Å². The highest BCUT2D eigenvalue weighted by atomic mass is 14.8. The van der Waals surface area contributed by atoms with Gasteiger partial charge in [-0.2, -0.15) is 0 Å². The normalized spacial score (nSPS) is 21.4. The number of rotatable bonds is 5. The summed E-state index contributed by atoms with van der Waals surface area (Å²) < 4.78 is 0. The molecule has 27 heavy (non-hydrogen) atoms. The van der Waals surface area contributed by atoms with Crippen LogP contribution in [0, 0.1) is 6.92 Å². The lowest BCUT2D eigenvalue weighted by atomic mass is 9.82. The van der Waals surface area contributed by atoms with Crippen molar-refractivity contribution in [2.45, 2.75) is 53.9 Å². The van der Waals surface area contributed by atoms with Gasteiger partial charge in [0.05, 0.1) is 11.4 Å². The molecule has 2 rings (SSSR count). The van der Waals surface area contributed by atoms with Gasteiger partial charge in [0.25, 0.3) is 0 Å². The van der Waals surface area contributed by atoms with Crippen LogP contribution in [0.25, 0.3) is 0 Å². The lowest BCUT2D eigenvalue weighted by molar-refractivity contribution is 0.994. The lowest BCUT2D eigenvalue weighted by Crippen LogP contribution is -2.24. The Morgan fingerprint density at radius 2 is 2.00 bits per heavy atom. The summed E-state index contributed by atoms with van der Waals surface area (Å²) in [7, 11) is 0. The molecule has 0 N–H and O–H groups in total. The second-order valence-electron chi connectivity index (χ2n) is 7.01. The molecule has 1 aliphatic rings. The van der Waals surface area contributed by atoms with E-state index in [0.717, 1.165) is 37.2 Å². The molecule has 0 bridgehead atoms. The van der Waals surface area contributed by atoms with Crippen LogP contribution in [0.2, 0.25) is 0 Å². The SMILES string of the molecule is C=C(/C=C\C)N=C1/C(=C\C)CCC(=NCC)/C1=C(\C)Cc1cccc(C)c1. The van der Waals surface area contributed by atoms with E-state index in [1.165, 1.54) is 33.6 Å². The Morgan fingerprint density at radius 3 is 2.63 bits per heavy atom. The second kappa shape index (κ2) is 10.0. The van der Waals surface area contributed by atoms with Gasteiger partial charge in [-0.05, 0) is 71.1 Å². The molecule has 142 valence electrons. The molecule has 0 amide bonds. The minimum Gasteiger partial charge on any atom is -0.289 e. The topological polar surface area (TPSA) is 24.7 Å². The Morgan fingerprint density at radius 1 is 1.22 bits per heavy atom. The van der Waals surface area contributed by atoms with Crippen LogP contribution in [-0.2, 0) is 6.42 Å². The first-order valence-corrected chi connectivity index (χ1v) is 9.85. The van der Waals surface area contributed by atoms with E-state index in [9.17, 15) is 0 Å². The Kier molecular flexibility index (Phi) is 7.72. The summed E-state index contributed by atoms with van der Waals surface area (Å²) >= 11 is 0. The minimum atomic E-state index is 0.783. The fourth-order valence-electron chi connectivity index (χ4n) is 3.59. The Bertz CT molecular complexity index is 845. The summed E-state index contributed by atoms with van der Waals surface area (Å²) in [4.78, 5) is 9.72. The summed E-state index contributed by atoms with van der Waals surface area (Å²) in [5, 5.41) is 0. The molecule has 1 saturated carbocycles. The molecule has 2 nitrogen and oxygen atoms in total. The number of hydrogen-bond acceptors (Lipinski definition) is 2. The maximum Gasteiger partial charge on any atom is 0.0755 e. The number of benzene rings is 1. The number of hydrogen-bond donors (Lipinski definition) is 0. The molecular weight excluding hydrogens is 328 g/mol. The van der Waals surface area contributed by atoms with Gasteiger partial charge in [0.15, 0.2) is 0 Å². The maximum atomic E-state index is 4.90. The zero-order valence-corrected chi connectivity index (χ0v) is 17.5. The molecule has 0 saturated heterocycles. The third-order valence-electron chi connectivity index (χ3n) is 4.75. The van der Waals surface area contributed by atoms with Gasteiger partial charge in [0, 0.05) is 17.8 Å². The van der Waals surface area contributed by atoms with Crippen LogP contribution in [0.15, 0.2) is 81.5 Å². The largest absolute Gasteiger partial charge is 0.289 e. The number of aryl methyl sites for hydroxylation is 1. The molecule has 0 heterocycles. The van der Waals surface area contributed by atoms with E-state index in [-0.39, 0.29) is 0 Å². The highest BCUT2D eigenvalue weighted by Gasteiger charge is 2.25. The van der Waals surface area contributed by atoms with E-state index in [2.05, 4.69) is 64.6 Å².